The summed E-state index contributed by atoms with van der Waals surface area (Å²) in [5.74, 6) is -3.32. The highest BCUT2D eigenvalue weighted by molar-refractivity contribution is 8.00. The Kier molecular flexibility index (Phi) is 9.11. The summed E-state index contributed by atoms with van der Waals surface area (Å²) in [5.41, 5.74) is 10.0. The van der Waals surface area contributed by atoms with E-state index < -0.39 is 53.2 Å². The van der Waals surface area contributed by atoms with Crippen LogP contribution in [0, 0.1) is 5.41 Å². The van der Waals surface area contributed by atoms with E-state index in [-0.39, 0.29) is 46.3 Å². The van der Waals surface area contributed by atoms with Gasteiger partial charge in [0.25, 0.3) is 5.91 Å². The largest absolute Gasteiger partial charge is 0.481 e. The van der Waals surface area contributed by atoms with E-state index in [1.807, 2.05) is 6.92 Å². The molecule has 0 aliphatic carbocycles. The van der Waals surface area contributed by atoms with Gasteiger partial charge in [-0.3, -0.25) is 19.2 Å². The smallest absolute Gasteiger partial charge is 0.325 e. The number of carboxylic acids is 2. The van der Waals surface area contributed by atoms with Crippen molar-refractivity contribution < 1.29 is 34.2 Å². The lowest BCUT2D eigenvalue weighted by Gasteiger charge is -2.53. The fourth-order valence-corrected chi connectivity index (χ4v) is 7.14. The van der Waals surface area contributed by atoms with Crippen molar-refractivity contribution in [2.45, 2.75) is 42.6 Å². The lowest BCUT2D eigenvalue weighted by molar-refractivity contribution is -0.157. The number of tetrazole rings is 1. The van der Waals surface area contributed by atoms with Gasteiger partial charge in [0, 0.05) is 30.0 Å². The van der Waals surface area contributed by atoms with Crippen molar-refractivity contribution in [2.75, 3.05) is 30.3 Å². The van der Waals surface area contributed by atoms with E-state index in [2.05, 4.69) is 31.0 Å². The lowest BCUT2D eigenvalue weighted by Crippen LogP contribution is -2.74. The van der Waals surface area contributed by atoms with Crippen LogP contribution in [0.25, 0.3) is 0 Å². The molecule has 0 saturated carbocycles. The van der Waals surface area contributed by atoms with E-state index in [1.54, 1.807) is 0 Å². The Morgan fingerprint density at radius 1 is 1.40 bits per heavy atom. The first kappa shape index (κ1) is 29.5. The number of β-lactam (4-membered cyclic amide) rings is 1. The van der Waals surface area contributed by atoms with E-state index in [9.17, 15) is 24.3 Å². The molecular weight excluding hydrogens is 588 g/mol. The number of aliphatic carboxylic acids is 2. The highest BCUT2D eigenvalue weighted by Gasteiger charge is 2.57. The Morgan fingerprint density at radius 3 is 2.80 bits per heavy atom. The van der Waals surface area contributed by atoms with Gasteiger partial charge in [0.05, 0.1) is 0 Å². The molecule has 0 bridgehead atoms. The van der Waals surface area contributed by atoms with Crippen LogP contribution in [0.1, 0.15) is 19.0 Å². The second-order valence-corrected chi connectivity index (χ2v) is 11.8. The van der Waals surface area contributed by atoms with Gasteiger partial charge in [-0.2, -0.15) is 0 Å². The first-order valence-corrected chi connectivity index (χ1v) is 14.7. The molecule has 40 heavy (non-hydrogen) atoms. The number of nitrogen functional groups attached to an aromatic ring is 1. The molecule has 2 aromatic heterocycles. The molecule has 0 aromatic carbocycles. The van der Waals surface area contributed by atoms with Crippen molar-refractivity contribution in [3.8, 4) is 0 Å². The topological polar surface area (TPSA) is 254 Å². The number of amides is 2. The van der Waals surface area contributed by atoms with Crippen LogP contribution in [0.2, 0.25) is 0 Å². The summed E-state index contributed by atoms with van der Waals surface area (Å²) in [6.45, 7) is 1.44. The molecule has 17 nitrogen and oxygen atoms in total. The fourth-order valence-electron chi connectivity index (χ4n) is 3.86. The molecule has 0 radical (unpaired) electrons. The molecule has 4 atom stereocenters. The molecule has 20 heteroatoms. The van der Waals surface area contributed by atoms with Crippen LogP contribution in [0.5, 0.6) is 0 Å². The van der Waals surface area contributed by atoms with Gasteiger partial charge in [-0.05, 0) is 16.8 Å². The molecule has 216 valence electrons. The zero-order valence-electron chi connectivity index (χ0n) is 21.0. The summed E-state index contributed by atoms with van der Waals surface area (Å²) in [6, 6.07) is -0.919. The van der Waals surface area contributed by atoms with Crippen molar-refractivity contribution in [2.24, 2.45) is 16.3 Å². The number of fused-ring (bicyclic) bond motifs is 1. The van der Waals surface area contributed by atoms with Crippen LogP contribution in [0.15, 0.2) is 15.7 Å². The van der Waals surface area contributed by atoms with Gasteiger partial charge in [0.15, 0.2) is 10.8 Å². The molecule has 4 rings (SSSR count). The SMILES string of the molecule is CCC(CN)ON=C(C(=O)NC1C(=O)N2CC(CSc3nnnn3CC(=O)O)(C(=O)O)CS[C@H]12)c1csc(N)n1. The Balaban J connectivity index is 1.43. The molecule has 0 spiro atoms. The van der Waals surface area contributed by atoms with Crippen LogP contribution in [0.3, 0.4) is 0 Å². The highest BCUT2D eigenvalue weighted by Crippen LogP contribution is 2.44. The van der Waals surface area contributed by atoms with Crippen LogP contribution in [-0.4, -0.2) is 112 Å². The maximum absolute atomic E-state index is 13.2. The van der Waals surface area contributed by atoms with Crippen LogP contribution >= 0.6 is 34.9 Å². The average Bonchev–Trinajstić information content (AvgIpc) is 3.56. The number of carbonyl (C=O) groups excluding carboxylic acids is 2. The minimum Gasteiger partial charge on any atom is -0.481 e. The Labute approximate surface area is 239 Å². The number of carbonyl (C=O) groups is 4. The number of nitrogens with one attached hydrogen (secondary N) is 1. The minimum absolute atomic E-state index is 0.0119. The van der Waals surface area contributed by atoms with E-state index in [1.165, 1.54) is 22.0 Å². The number of aromatic nitrogens is 5. The van der Waals surface area contributed by atoms with E-state index in [0.29, 0.717) is 6.42 Å². The van der Waals surface area contributed by atoms with Gasteiger partial charge in [-0.25, -0.2) is 9.67 Å². The van der Waals surface area contributed by atoms with Crippen LogP contribution in [0.4, 0.5) is 5.13 Å². The number of nitrogens with two attached hydrogens (primary N) is 2. The molecular formula is C20H26N10O7S3. The summed E-state index contributed by atoms with van der Waals surface area (Å²) >= 11 is 3.31. The summed E-state index contributed by atoms with van der Waals surface area (Å²) < 4.78 is 1.05. The molecule has 3 unspecified atom stereocenters. The molecule has 2 saturated heterocycles. The minimum atomic E-state index is -1.35. The lowest BCUT2D eigenvalue weighted by atomic mass is 9.89. The number of carboxylic acid groups (broad SMARTS) is 2. The van der Waals surface area contributed by atoms with Crippen LogP contribution < -0.4 is 16.8 Å². The third kappa shape index (κ3) is 6.13. The normalized spacial score (nSPS) is 23.2. The maximum Gasteiger partial charge on any atom is 0.325 e. The number of anilines is 1. The number of hydrogen-bond donors (Lipinski definition) is 5. The standard InChI is InChI=1S/C20H26N10O7S3/c1-2-9(3-21)37-26-12(10-5-38-18(22)23-10)14(33)24-13-15(34)29-6-20(17(35)36,7-39-16(13)29)8-40-19-25-27-28-30(19)4-11(31)32/h5,9,13,16H,2-4,6-8,21H2,1H3,(H2,22,23)(H,24,33)(H,31,32)(H,35,36)/t9?,13?,16-,20?/m1/s1. The monoisotopic (exact) mass is 614 g/mol. The van der Waals surface area contributed by atoms with Crippen molar-refractivity contribution in [1.82, 2.24) is 35.4 Å². The average molecular weight is 615 g/mol. The number of oxime groups is 1. The number of nitrogens with zero attached hydrogens (tertiary/aromatic N) is 7. The molecule has 2 fully saturated rings. The first-order valence-electron chi connectivity index (χ1n) is 11.8. The third-order valence-corrected chi connectivity index (χ3v) is 9.65. The molecule has 2 aromatic rings. The number of thiazole rings is 1. The highest BCUT2D eigenvalue weighted by atomic mass is 32.2. The first-order chi connectivity index (χ1) is 19.1. The van der Waals surface area contributed by atoms with Gasteiger partial charge in [0.2, 0.25) is 11.1 Å². The van der Waals surface area contributed by atoms with Crippen molar-refractivity contribution in [1.29, 1.82) is 0 Å². The van der Waals surface area contributed by atoms with Crippen molar-refractivity contribution in [3.05, 3.63) is 11.1 Å². The van der Waals surface area contributed by atoms with Crippen LogP contribution in [-0.2, 0) is 30.6 Å². The molecule has 7 N–H and O–H groups in total. The van der Waals surface area contributed by atoms with Gasteiger partial charge in [0.1, 0.15) is 35.2 Å². The number of rotatable bonds is 13. The predicted octanol–water partition coefficient (Wildman–Crippen LogP) is -1.48. The molecule has 2 aliphatic rings. The zero-order valence-corrected chi connectivity index (χ0v) is 23.4. The number of thioether (sulfide) groups is 2. The fraction of sp³-hybridized carbons (Fsp3) is 0.550. The van der Waals surface area contributed by atoms with Gasteiger partial charge in [-0.15, -0.1) is 28.2 Å². The summed E-state index contributed by atoms with van der Waals surface area (Å²) in [4.78, 5) is 60.5. The summed E-state index contributed by atoms with van der Waals surface area (Å²) in [7, 11) is 0. The Morgan fingerprint density at radius 2 is 2.17 bits per heavy atom. The molecule has 2 aliphatic heterocycles. The summed E-state index contributed by atoms with van der Waals surface area (Å²) in [5, 5.41) is 37.9. The predicted molar refractivity (Wildman–Crippen MR) is 143 cm³/mol. The quantitative estimate of drug-likeness (QED) is 0.0746. The summed E-state index contributed by atoms with van der Waals surface area (Å²) in [6.07, 6.45) is 0.130. The number of hydrogen-bond acceptors (Lipinski definition) is 15. The molecule has 4 heterocycles. The van der Waals surface area contributed by atoms with Gasteiger partial charge >= 0.3 is 11.9 Å². The van der Waals surface area contributed by atoms with E-state index in [4.69, 9.17) is 21.4 Å². The second kappa shape index (κ2) is 12.4. The Hall–Kier alpha value is -3.49. The third-order valence-electron chi connectivity index (χ3n) is 6.14. The van der Waals surface area contributed by atoms with Crippen molar-refractivity contribution in [3.63, 3.8) is 0 Å². The van der Waals surface area contributed by atoms with Crippen molar-refractivity contribution >= 4 is 69.5 Å². The van der Waals surface area contributed by atoms with E-state index in [0.717, 1.165) is 27.8 Å². The van der Waals surface area contributed by atoms with E-state index >= 15 is 0 Å². The molecule has 2 amide bonds. The zero-order chi connectivity index (χ0) is 29.0. The Bertz CT molecular complexity index is 1320. The van der Waals surface area contributed by atoms with Gasteiger partial charge in [-0.1, -0.05) is 23.8 Å². The van der Waals surface area contributed by atoms with Gasteiger partial charge < -0.3 is 36.7 Å². The maximum atomic E-state index is 13.2. The second-order valence-electron chi connectivity index (χ2n) is 8.89.